The topological polar surface area (TPSA) is 58.6 Å². The molecular weight excluding hydrogens is 436 g/mol. The lowest BCUT2D eigenvalue weighted by Gasteiger charge is -2.29. The fraction of sp³-hybridized carbons (Fsp3) is 0.533. The van der Waals surface area contributed by atoms with E-state index in [1.54, 1.807) is 0 Å². The lowest BCUT2D eigenvalue weighted by atomic mass is 9.91. The highest BCUT2D eigenvalue weighted by molar-refractivity contribution is 5.94. The Morgan fingerprint density at radius 1 is 0.943 bits per heavy atom. The van der Waals surface area contributed by atoms with Crippen LogP contribution in [0.4, 0.5) is 0 Å². The van der Waals surface area contributed by atoms with Gasteiger partial charge in [-0.3, -0.25) is 9.59 Å². The van der Waals surface area contributed by atoms with Crippen LogP contribution >= 0.6 is 0 Å². The van der Waals surface area contributed by atoms with Gasteiger partial charge in [0.1, 0.15) is 0 Å². The minimum Gasteiger partial charge on any atom is -0.373 e. The largest absolute Gasteiger partial charge is 0.373 e. The Kier molecular flexibility index (Phi) is 8.61. The van der Waals surface area contributed by atoms with E-state index in [1.807, 2.05) is 43.1 Å². The predicted molar refractivity (Wildman–Crippen MR) is 140 cm³/mol. The molecule has 2 amide bonds. The second-order valence-corrected chi connectivity index (χ2v) is 10.3. The first kappa shape index (κ1) is 25.4. The highest BCUT2D eigenvalue weighted by Crippen LogP contribution is 2.33. The Morgan fingerprint density at radius 2 is 1.63 bits per heavy atom. The molecule has 0 spiro atoms. The van der Waals surface area contributed by atoms with Gasteiger partial charge in [-0.25, -0.2) is 0 Å². The average Bonchev–Trinajstić information content (AvgIpc) is 3.37. The fourth-order valence-electron chi connectivity index (χ4n) is 5.54. The molecule has 1 saturated carbocycles. The smallest absolute Gasteiger partial charge is 0.253 e. The number of nitrogens with zero attached hydrogens (tertiary/aromatic N) is 1. The van der Waals surface area contributed by atoms with Crippen molar-refractivity contribution in [1.29, 1.82) is 0 Å². The summed E-state index contributed by atoms with van der Waals surface area (Å²) in [5, 5.41) is 3.06. The second-order valence-electron chi connectivity index (χ2n) is 10.3. The standard InChI is InChI=1S/C30H40N2O3/c1-4-6-21-7-18-28(35-20-21)24-12-8-22(9-13-24)23-10-14-25(15-11-23)30(34)32(3)27-17-16-26(19-27)31-29(33)5-2/h8-15,21,26-28H,4-7,16-20H2,1-3H3,(H,31,33)/t21?,26?,27-,28?/m1/s1. The third-order valence-electron chi connectivity index (χ3n) is 7.77. The number of hydrogen-bond acceptors (Lipinski definition) is 3. The monoisotopic (exact) mass is 476 g/mol. The van der Waals surface area contributed by atoms with Gasteiger partial charge in [0.05, 0.1) is 12.7 Å². The summed E-state index contributed by atoms with van der Waals surface area (Å²) in [5.41, 5.74) is 4.20. The number of amides is 2. The molecule has 188 valence electrons. The number of carbonyl (C=O) groups excluding carboxylic acids is 2. The molecule has 1 heterocycles. The first-order valence-corrected chi connectivity index (χ1v) is 13.4. The Morgan fingerprint density at radius 3 is 2.23 bits per heavy atom. The number of hydrogen-bond donors (Lipinski definition) is 1. The minimum atomic E-state index is 0.0372. The van der Waals surface area contributed by atoms with Crippen molar-refractivity contribution in [3.05, 3.63) is 59.7 Å². The maximum absolute atomic E-state index is 13.1. The third kappa shape index (κ3) is 6.32. The molecule has 4 rings (SSSR count). The van der Waals surface area contributed by atoms with E-state index in [4.69, 9.17) is 4.74 Å². The van der Waals surface area contributed by atoms with Gasteiger partial charge in [0.15, 0.2) is 0 Å². The molecule has 1 saturated heterocycles. The molecule has 4 atom stereocenters. The van der Waals surface area contributed by atoms with Crippen LogP contribution in [-0.4, -0.2) is 42.5 Å². The van der Waals surface area contributed by atoms with Crippen molar-refractivity contribution in [2.75, 3.05) is 13.7 Å². The van der Waals surface area contributed by atoms with E-state index in [9.17, 15) is 9.59 Å². The van der Waals surface area contributed by atoms with Gasteiger partial charge in [-0.2, -0.15) is 0 Å². The number of rotatable bonds is 8. The fourth-order valence-corrected chi connectivity index (χ4v) is 5.54. The van der Waals surface area contributed by atoms with E-state index in [0.717, 1.165) is 43.4 Å². The first-order chi connectivity index (χ1) is 17.0. The van der Waals surface area contributed by atoms with Crippen LogP contribution in [0.3, 0.4) is 0 Å². The molecule has 1 aliphatic carbocycles. The summed E-state index contributed by atoms with van der Waals surface area (Å²) in [6.45, 7) is 4.98. The number of carbonyl (C=O) groups is 2. The highest BCUT2D eigenvalue weighted by atomic mass is 16.5. The third-order valence-corrected chi connectivity index (χ3v) is 7.77. The molecular formula is C30H40N2O3. The highest BCUT2D eigenvalue weighted by Gasteiger charge is 2.31. The van der Waals surface area contributed by atoms with Gasteiger partial charge in [-0.05, 0) is 73.3 Å². The number of ether oxygens (including phenoxy) is 1. The van der Waals surface area contributed by atoms with Gasteiger partial charge < -0.3 is 15.0 Å². The Hall–Kier alpha value is -2.66. The van der Waals surface area contributed by atoms with Crippen LogP contribution < -0.4 is 5.32 Å². The van der Waals surface area contributed by atoms with Crippen molar-refractivity contribution in [1.82, 2.24) is 10.2 Å². The maximum atomic E-state index is 13.1. The zero-order valence-electron chi connectivity index (χ0n) is 21.5. The lowest BCUT2D eigenvalue weighted by molar-refractivity contribution is -0.121. The van der Waals surface area contributed by atoms with Crippen LogP contribution in [0.1, 0.15) is 87.2 Å². The van der Waals surface area contributed by atoms with Crippen molar-refractivity contribution in [3.63, 3.8) is 0 Å². The number of benzene rings is 2. The second kappa shape index (κ2) is 11.9. The van der Waals surface area contributed by atoms with E-state index in [0.29, 0.717) is 17.9 Å². The molecule has 2 aliphatic rings. The quantitative estimate of drug-likeness (QED) is 0.498. The van der Waals surface area contributed by atoms with Gasteiger partial charge in [0, 0.05) is 31.1 Å². The molecule has 3 unspecified atom stereocenters. The summed E-state index contributed by atoms with van der Waals surface area (Å²) in [7, 11) is 1.88. The molecule has 0 bridgehead atoms. The summed E-state index contributed by atoms with van der Waals surface area (Å²) >= 11 is 0. The van der Waals surface area contributed by atoms with E-state index in [-0.39, 0.29) is 30.0 Å². The van der Waals surface area contributed by atoms with E-state index < -0.39 is 0 Å². The molecule has 35 heavy (non-hydrogen) atoms. The molecule has 2 aromatic carbocycles. The van der Waals surface area contributed by atoms with Crippen LogP contribution in [0.15, 0.2) is 48.5 Å². The summed E-state index contributed by atoms with van der Waals surface area (Å²) < 4.78 is 6.15. The van der Waals surface area contributed by atoms with Gasteiger partial charge in [0.2, 0.25) is 5.91 Å². The summed E-state index contributed by atoms with van der Waals surface area (Å²) in [6, 6.07) is 16.9. The average molecular weight is 477 g/mol. The number of nitrogens with one attached hydrogen (secondary N) is 1. The minimum absolute atomic E-state index is 0.0372. The molecule has 2 aromatic rings. The molecule has 0 radical (unpaired) electrons. The van der Waals surface area contributed by atoms with E-state index in [1.165, 1.54) is 24.8 Å². The lowest BCUT2D eigenvalue weighted by Crippen LogP contribution is -2.38. The predicted octanol–water partition coefficient (Wildman–Crippen LogP) is 6.14. The SMILES string of the molecule is CCCC1CCC(c2ccc(-c3ccc(C(=O)N(C)[C@@H]4CCC(NC(=O)CC)C4)cc3)cc2)OC1. The summed E-state index contributed by atoms with van der Waals surface area (Å²) in [5.74, 6) is 0.836. The van der Waals surface area contributed by atoms with Crippen molar-refractivity contribution >= 4 is 11.8 Å². The van der Waals surface area contributed by atoms with Crippen molar-refractivity contribution in [2.24, 2.45) is 5.92 Å². The summed E-state index contributed by atoms with van der Waals surface area (Å²) in [6.07, 6.45) is 8.21. The van der Waals surface area contributed by atoms with Crippen LogP contribution in [0.5, 0.6) is 0 Å². The van der Waals surface area contributed by atoms with E-state index >= 15 is 0 Å². The molecule has 1 aliphatic heterocycles. The van der Waals surface area contributed by atoms with Crippen LogP contribution in [0.25, 0.3) is 11.1 Å². The van der Waals surface area contributed by atoms with Crippen LogP contribution in [-0.2, 0) is 9.53 Å². The molecule has 1 N–H and O–H groups in total. The van der Waals surface area contributed by atoms with Gasteiger partial charge in [0.25, 0.3) is 5.91 Å². The van der Waals surface area contributed by atoms with Crippen molar-refractivity contribution in [2.45, 2.75) is 83.4 Å². The molecule has 2 fully saturated rings. The van der Waals surface area contributed by atoms with E-state index in [2.05, 4.69) is 36.5 Å². The Labute approximate surface area is 210 Å². The normalized spacial score (nSPS) is 24.2. The molecule has 5 nitrogen and oxygen atoms in total. The Balaban J connectivity index is 1.33. The maximum Gasteiger partial charge on any atom is 0.253 e. The van der Waals surface area contributed by atoms with Crippen molar-refractivity contribution < 1.29 is 14.3 Å². The van der Waals surface area contributed by atoms with Gasteiger partial charge >= 0.3 is 0 Å². The van der Waals surface area contributed by atoms with Gasteiger partial charge in [-0.1, -0.05) is 56.7 Å². The van der Waals surface area contributed by atoms with Crippen molar-refractivity contribution in [3.8, 4) is 11.1 Å². The molecule has 5 heteroatoms. The van der Waals surface area contributed by atoms with Gasteiger partial charge in [-0.15, -0.1) is 0 Å². The Bertz CT molecular complexity index is 978. The first-order valence-electron chi connectivity index (χ1n) is 13.4. The zero-order chi connectivity index (χ0) is 24.8. The van der Waals surface area contributed by atoms with Crippen LogP contribution in [0.2, 0.25) is 0 Å². The van der Waals surface area contributed by atoms with Crippen LogP contribution in [0, 0.1) is 5.92 Å². The zero-order valence-corrected chi connectivity index (χ0v) is 21.5. The molecule has 0 aromatic heterocycles. The summed E-state index contributed by atoms with van der Waals surface area (Å²) in [4.78, 5) is 26.6.